The summed E-state index contributed by atoms with van der Waals surface area (Å²) in [6, 6.07) is 0. The Morgan fingerprint density at radius 1 is 1.64 bits per heavy atom. The molecule has 64 valence electrons. The van der Waals surface area contributed by atoms with E-state index in [1.165, 1.54) is 12.8 Å². The predicted molar refractivity (Wildman–Crippen MR) is 43.1 cm³/mol. The van der Waals surface area contributed by atoms with Crippen LogP contribution in [0.3, 0.4) is 0 Å². The Kier molecular flexibility index (Phi) is 2.92. The highest BCUT2D eigenvalue weighted by molar-refractivity contribution is 5.72. The third-order valence-electron chi connectivity index (χ3n) is 2.25. The summed E-state index contributed by atoms with van der Waals surface area (Å²) in [5.74, 6) is 0.727. The maximum atomic E-state index is 10.9. The van der Waals surface area contributed by atoms with E-state index in [0.29, 0.717) is 12.5 Å². The van der Waals surface area contributed by atoms with E-state index < -0.39 is 0 Å². The molecule has 1 aliphatic heterocycles. The molecule has 2 heteroatoms. The molecule has 0 aromatic rings. The van der Waals surface area contributed by atoms with Crippen molar-refractivity contribution in [2.24, 2.45) is 11.8 Å². The molecule has 0 saturated carbocycles. The Bertz CT molecular complexity index is 142. The van der Waals surface area contributed by atoms with Gasteiger partial charge in [-0.1, -0.05) is 20.3 Å². The van der Waals surface area contributed by atoms with Crippen LogP contribution in [0.25, 0.3) is 0 Å². The maximum absolute atomic E-state index is 10.9. The van der Waals surface area contributed by atoms with Gasteiger partial charge in [0.05, 0.1) is 12.5 Å². The van der Waals surface area contributed by atoms with E-state index in [0.717, 1.165) is 6.42 Å². The second-order valence-electron chi connectivity index (χ2n) is 3.42. The lowest BCUT2D eigenvalue weighted by Crippen LogP contribution is -2.28. The smallest absolute Gasteiger partial charge is 0.308 e. The monoisotopic (exact) mass is 156 g/mol. The first-order chi connectivity index (χ1) is 5.24. The minimum atomic E-state index is -0.0163. The van der Waals surface area contributed by atoms with E-state index in [1.807, 2.05) is 6.92 Å². The first kappa shape index (κ1) is 8.57. The van der Waals surface area contributed by atoms with Crippen LogP contribution < -0.4 is 0 Å². The van der Waals surface area contributed by atoms with E-state index in [-0.39, 0.29) is 11.9 Å². The van der Waals surface area contributed by atoms with Crippen LogP contribution in [0.15, 0.2) is 0 Å². The van der Waals surface area contributed by atoms with Crippen LogP contribution in [0.1, 0.15) is 33.1 Å². The van der Waals surface area contributed by atoms with Crippen LogP contribution in [-0.4, -0.2) is 12.6 Å². The molecule has 2 nitrogen and oxygen atoms in total. The predicted octanol–water partition coefficient (Wildman–Crippen LogP) is 1.99. The van der Waals surface area contributed by atoms with Gasteiger partial charge in [0, 0.05) is 0 Å². The summed E-state index contributed by atoms with van der Waals surface area (Å²) in [6.07, 6.45) is 3.40. The average molecular weight is 156 g/mol. The summed E-state index contributed by atoms with van der Waals surface area (Å²) in [5, 5.41) is 0. The van der Waals surface area contributed by atoms with Gasteiger partial charge in [0.25, 0.3) is 0 Å². The molecule has 0 bridgehead atoms. The molecule has 1 fully saturated rings. The van der Waals surface area contributed by atoms with Gasteiger partial charge in [0.15, 0.2) is 0 Å². The molecule has 0 unspecified atom stereocenters. The van der Waals surface area contributed by atoms with Gasteiger partial charge in [-0.2, -0.15) is 0 Å². The van der Waals surface area contributed by atoms with Crippen LogP contribution in [0, 0.1) is 11.8 Å². The van der Waals surface area contributed by atoms with Crippen molar-refractivity contribution in [3.05, 3.63) is 0 Å². The topological polar surface area (TPSA) is 26.3 Å². The van der Waals surface area contributed by atoms with E-state index in [9.17, 15) is 4.79 Å². The second kappa shape index (κ2) is 3.74. The second-order valence-corrected chi connectivity index (χ2v) is 3.42. The van der Waals surface area contributed by atoms with Gasteiger partial charge in [-0.3, -0.25) is 4.79 Å². The largest absolute Gasteiger partial charge is 0.465 e. The maximum Gasteiger partial charge on any atom is 0.308 e. The number of hydrogen-bond acceptors (Lipinski definition) is 2. The molecule has 1 saturated heterocycles. The number of hydrogen-bond donors (Lipinski definition) is 0. The molecule has 0 aromatic heterocycles. The van der Waals surface area contributed by atoms with Crippen LogP contribution in [0.4, 0.5) is 0 Å². The fourth-order valence-corrected chi connectivity index (χ4v) is 1.62. The van der Waals surface area contributed by atoms with Crippen molar-refractivity contribution in [3.63, 3.8) is 0 Å². The zero-order chi connectivity index (χ0) is 8.27. The fourth-order valence-electron chi connectivity index (χ4n) is 1.62. The summed E-state index contributed by atoms with van der Waals surface area (Å²) in [6.45, 7) is 4.77. The molecule has 1 aliphatic rings. The molecular weight excluding hydrogens is 140 g/mol. The number of cyclic esters (lactones) is 1. The molecule has 1 heterocycles. The SMILES string of the molecule is CCC[C@@H]1COC(=O)[C@@H](C)C1. The molecule has 0 amide bonds. The van der Waals surface area contributed by atoms with Gasteiger partial charge in [-0.05, 0) is 18.8 Å². The molecule has 0 aliphatic carbocycles. The fraction of sp³-hybridized carbons (Fsp3) is 0.889. The molecule has 0 spiro atoms. The summed E-state index contributed by atoms with van der Waals surface area (Å²) >= 11 is 0. The van der Waals surface area contributed by atoms with Crippen molar-refractivity contribution in [1.82, 2.24) is 0 Å². The highest BCUT2D eigenvalue weighted by Gasteiger charge is 2.25. The molecule has 0 aromatic carbocycles. The summed E-state index contributed by atoms with van der Waals surface area (Å²) in [7, 11) is 0. The molecule has 11 heavy (non-hydrogen) atoms. The van der Waals surface area contributed by atoms with Gasteiger partial charge in [0.1, 0.15) is 0 Å². The number of esters is 1. The highest BCUT2D eigenvalue weighted by Crippen LogP contribution is 2.23. The van der Waals surface area contributed by atoms with Gasteiger partial charge in [-0.25, -0.2) is 0 Å². The van der Waals surface area contributed by atoms with E-state index in [2.05, 4.69) is 6.92 Å². The summed E-state index contributed by atoms with van der Waals surface area (Å²) < 4.78 is 5.02. The van der Waals surface area contributed by atoms with Crippen molar-refractivity contribution < 1.29 is 9.53 Å². The first-order valence-electron chi connectivity index (χ1n) is 4.40. The third-order valence-corrected chi connectivity index (χ3v) is 2.25. The van der Waals surface area contributed by atoms with Crippen LogP contribution in [0.5, 0.6) is 0 Å². The Morgan fingerprint density at radius 3 is 2.91 bits per heavy atom. The molecule has 2 atom stereocenters. The van der Waals surface area contributed by atoms with Crippen LogP contribution in [-0.2, 0) is 9.53 Å². The van der Waals surface area contributed by atoms with E-state index >= 15 is 0 Å². The van der Waals surface area contributed by atoms with Gasteiger partial charge >= 0.3 is 5.97 Å². The Labute approximate surface area is 67.9 Å². The lowest BCUT2D eigenvalue weighted by atomic mass is 9.91. The van der Waals surface area contributed by atoms with Gasteiger partial charge < -0.3 is 4.74 Å². The number of carbonyl (C=O) groups is 1. The Hall–Kier alpha value is -0.530. The van der Waals surface area contributed by atoms with Crippen LogP contribution >= 0.6 is 0 Å². The number of rotatable bonds is 2. The van der Waals surface area contributed by atoms with Crippen LogP contribution in [0.2, 0.25) is 0 Å². The minimum Gasteiger partial charge on any atom is -0.465 e. The van der Waals surface area contributed by atoms with Crippen molar-refractivity contribution >= 4 is 5.97 Å². The molecule has 0 N–H and O–H groups in total. The Morgan fingerprint density at radius 2 is 2.36 bits per heavy atom. The molecule has 0 radical (unpaired) electrons. The average Bonchev–Trinajstić information content (AvgIpc) is 1.98. The Balaban J connectivity index is 2.33. The first-order valence-corrected chi connectivity index (χ1v) is 4.40. The molecule has 1 rings (SSSR count). The lowest BCUT2D eigenvalue weighted by Gasteiger charge is -2.25. The number of carbonyl (C=O) groups excluding carboxylic acids is 1. The number of ether oxygens (including phenoxy) is 1. The van der Waals surface area contributed by atoms with E-state index in [4.69, 9.17) is 4.74 Å². The zero-order valence-corrected chi connectivity index (χ0v) is 7.30. The zero-order valence-electron chi connectivity index (χ0n) is 7.30. The van der Waals surface area contributed by atoms with Crippen molar-refractivity contribution in [2.75, 3.05) is 6.61 Å². The lowest BCUT2D eigenvalue weighted by molar-refractivity contribution is -0.155. The third kappa shape index (κ3) is 2.21. The minimum absolute atomic E-state index is 0.0163. The molecular formula is C9H16O2. The summed E-state index contributed by atoms with van der Waals surface area (Å²) in [4.78, 5) is 10.9. The van der Waals surface area contributed by atoms with Gasteiger partial charge in [-0.15, -0.1) is 0 Å². The van der Waals surface area contributed by atoms with E-state index in [1.54, 1.807) is 0 Å². The van der Waals surface area contributed by atoms with Crippen molar-refractivity contribution in [3.8, 4) is 0 Å². The highest BCUT2D eigenvalue weighted by atomic mass is 16.5. The quantitative estimate of drug-likeness (QED) is 0.571. The normalized spacial score (nSPS) is 31.6. The standard InChI is InChI=1S/C9H16O2/c1-3-4-8-5-7(2)9(10)11-6-8/h7-8H,3-6H2,1-2H3/t7-,8-/m0/s1. The summed E-state index contributed by atoms with van der Waals surface area (Å²) in [5.41, 5.74) is 0. The van der Waals surface area contributed by atoms with Crippen molar-refractivity contribution in [1.29, 1.82) is 0 Å². The van der Waals surface area contributed by atoms with Crippen molar-refractivity contribution in [2.45, 2.75) is 33.1 Å². The van der Waals surface area contributed by atoms with Gasteiger partial charge in [0.2, 0.25) is 0 Å².